The van der Waals surface area contributed by atoms with Crippen molar-refractivity contribution in [2.75, 3.05) is 25.1 Å². The minimum atomic E-state index is -0.179. The third kappa shape index (κ3) is 6.12. The Morgan fingerprint density at radius 1 is 1.04 bits per heavy atom. The number of anilines is 1. The first kappa shape index (κ1) is 17.0. The molecule has 2 N–H and O–H groups in total. The summed E-state index contributed by atoms with van der Waals surface area (Å²) >= 11 is 0. The lowest BCUT2D eigenvalue weighted by molar-refractivity contribution is 0.145. The van der Waals surface area contributed by atoms with Gasteiger partial charge in [0, 0.05) is 25.4 Å². The summed E-state index contributed by atoms with van der Waals surface area (Å²) in [5, 5.41) is 5.78. The lowest BCUT2D eigenvalue weighted by atomic mass is 10.0. The molecule has 0 aliphatic heterocycles. The van der Waals surface area contributed by atoms with Crippen LogP contribution in [0.2, 0.25) is 0 Å². The van der Waals surface area contributed by atoms with E-state index in [2.05, 4.69) is 22.8 Å². The fourth-order valence-corrected chi connectivity index (χ4v) is 2.30. The van der Waals surface area contributed by atoms with Gasteiger partial charge >= 0.3 is 6.03 Å². The van der Waals surface area contributed by atoms with Gasteiger partial charge in [-0.25, -0.2) is 4.79 Å². The van der Waals surface area contributed by atoms with Crippen LogP contribution in [0.1, 0.15) is 24.5 Å². The van der Waals surface area contributed by atoms with Gasteiger partial charge in [0.15, 0.2) is 0 Å². The zero-order valence-corrected chi connectivity index (χ0v) is 13.5. The van der Waals surface area contributed by atoms with E-state index in [-0.39, 0.29) is 6.03 Å². The van der Waals surface area contributed by atoms with E-state index in [1.165, 1.54) is 5.56 Å². The number of hydrogen-bond donors (Lipinski definition) is 2. The molecule has 0 bridgehead atoms. The van der Waals surface area contributed by atoms with Crippen molar-refractivity contribution in [3.8, 4) is 0 Å². The summed E-state index contributed by atoms with van der Waals surface area (Å²) in [5.74, 6) is 0. The first-order chi connectivity index (χ1) is 11.3. The standard InChI is InChI=1S/C19H24N2O2/c1-2-23-14-8-13-20-19(22)21-18-12-7-6-11-17(18)15-16-9-4-3-5-10-16/h3-7,9-12H,2,8,13-15H2,1H3,(H2,20,21,22). The fourth-order valence-electron chi connectivity index (χ4n) is 2.30. The average Bonchev–Trinajstić information content (AvgIpc) is 2.57. The van der Waals surface area contributed by atoms with Crippen LogP contribution in [0.25, 0.3) is 0 Å². The Hall–Kier alpha value is -2.33. The summed E-state index contributed by atoms with van der Waals surface area (Å²) < 4.78 is 5.25. The molecule has 0 saturated heterocycles. The van der Waals surface area contributed by atoms with Crippen molar-refractivity contribution in [3.63, 3.8) is 0 Å². The lowest BCUT2D eigenvalue weighted by Gasteiger charge is -2.12. The molecule has 0 spiro atoms. The predicted molar refractivity (Wildman–Crippen MR) is 93.8 cm³/mol. The van der Waals surface area contributed by atoms with Crippen LogP contribution in [0.4, 0.5) is 10.5 Å². The number of para-hydroxylation sites is 1. The van der Waals surface area contributed by atoms with Crippen molar-refractivity contribution in [2.45, 2.75) is 19.8 Å². The third-order valence-electron chi connectivity index (χ3n) is 3.46. The minimum Gasteiger partial charge on any atom is -0.382 e. The van der Waals surface area contributed by atoms with Crippen molar-refractivity contribution >= 4 is 11.7 Å². The number of ether oxygens (including phenoxy) is 1. The first-order valence-electron chi connectivity index (χ1n) is 8.04. The Balaban J connectivity index is 1.88. The molecule has 23 heavy (non-hydrogen) atoms. The molecule has 4 nitrogen and oxygen atoms in total. The SMILES string of the molecule is CCOCCCNC(=O)Nc1ccccc1Cc1ccccc1. The normalized spacial score (nSPS) is 10.3. The average molecular weight is 312 g/mol. The van der Waals surface area contributed by atoms with Crippen LogP contribution in [0.15, 0.2) is 54.6 Å². The summed E-state index contributed by atoms with van der Waals surface area (Å²) in [4.78, 5) is 12.0. The molecule has 0 aliphatic carbocycles. The summed E-state index contributed by atoms with van der Waals surface area (Å²) in [7, 11) is 0. The van der Waals surface area contributed by atoms with Gasteiger partial charge in [0.25, 0.3) is 0 Å². The summed E-state index contributed by atoms with van der Waals surface area (Å²) in [6, 6.07) is 17.9. The number of amides is 2. The Morgan fingerprint density at radius 3 is 2.57 bits per heavy atom. The molecule has 2 rings (SSSR count). The van der Waals surface area contributed by atoms with Crippen LogP contribution in [-0.4, -0.2) is 25.8 Å². The minimum absolute atomic E-state index is 0.179. The topological polar surface area (TPSA) is 50.4 Å². The molecular formula is C19H24N2O2. The third-order valence-corrected chi connectivity index (χ3v) is 3.46. The van der Waals surface area contributed by atoms with E-state index in [1.54, 1.807) is 0 Å². The van der Waals surface area contributed by atoms with Gasteiger partial charge in [-0.05, 0) is 37.0 Å². The molecular weight excluding hydrogens is 288 g/mol. The first-order valence-corrected chi connectivity index (χ1v) is 8.04. The van der Waals surface area contributed by atoms with E-state index in [1.807, 2.05) is 49.4 Å². The lowest BCUT2D eigenvalue weighted by Crippen LogP contribution is -2.30. The highest BCUT2D eigenvalue weighted by atomic mass is 16.5. The van der Waals surface area contributed by atoms with Crippen LogP contribution in [0, 0.1) is 0 Å². The smallest absolute Gasteiger partial charge is 0.319 e. The van der Waals surface area contributed by atoms with E-state index in [4.69, 9.17) is 4.74 Å². The van der Waals surface area contributed by atoms with Crippen molar-refractivity contribution < 1.29 is 9.53 Å². The highest BCUT2D eigenvalue weighted by Gasteiger charge is 2.06. The molecule has 4 heteroatoms. The maximum absolute atomic E-state index is 12.0. The second-order valence-corrected chi connectivity index (χ2v) is 5.25. The fraction of sp³-hybridized carbons (Fsp3) is 0.316. The summed E-state index contributed by atoms with van der Waals surface area (Å²) in [6.45, 7) is 3.94. The molecule has 2 aromatic carbocycles. The number of benzene rings is 2. The molecule has 0 heterocycles. The van der Waals surface area contributed by atoms with Gasteiger partial charge in [-0.2, -0.15) is 0 Å². The van der Waals surface area contributed by atoms with Crippen molar-refractivity contribution in [1.82, 2.24) is 5.32 Å². The van der Waals surface area contributed by atoms with Crippen molar-refractivity contribution in [2.24, 2.45) is 0 Å². The van der Waals surface area contributed by atoms with Crippen LogP contribution in [0.5, 0.6) is 0 Å². The van der Waals surface area contributed by atoms with Gasteiger partial charge in [0.05, 0.1) is 0 Å². The van der Waals surface area contributed by atoms with Gasteiger partial charge in [0.2, 0.25) is 0 Å². The highest BCUT2D eigenvalue weighted by molar-refractivity contribution is 5.90. The molecule has 0 aliphatic rings. The van der Waals surface area contributed by atoms with Crippen LogP contribution in [0.3, 0.4) is 0 Å². The predicted octanol–water partition coefficient (Wildman–Crippen LogP) is 3.83. The number of hydrogen-bond acceptors (Lipinski definition) is 2. The largest absolute Gasteiger partial charge is 0.382 e. The molecule has 0 radical (unpaired) electrons. The van der Waals surface area contributed by atoms with Gasteiger partial charge < -0.3 is 15.4 Å². The highest BCUT2D eigenvalue weighted by Crippen LogP contribution is 2.18. The van der Waals surface area contributed by atoms with E-state index < -0.39 is 0 Å². The van der Waals surface area contributed by atoms with Crippen LogP contribution < -0.4 is 10.6 Å². The second-order valence-electron chi connectivity index (χ2n) is 5.25. The van der Waals surface area contributed by atoms with Gasteiger partial charge in [0.1, 0.15) is 0 Å². The van der Waals surface area contributed by atoms with Gasteiger partial charge in [-0.1, -0.05) is 48.5 Å². The number of carbonyl (C=O) groups is 1. The Bertz CT molecular complexity index is 599. The Kier molecular flexibility index (Phi) is 7.14. The van der Waals surface area contributed by atoms with Crippen LogP contribution >= 0.6 is 0 Å². The van der Waals surface area contributed by atoms with E-state index in [9.17, 15) is 4.79 Å². The number of carbonyl (C=O) groups excluding carboxylic acids is 1. The van der Waals surface area contributed by atoms with Crippen molar-refractivity contribution in [1.29, 1.82) is 0 Å². The molecule has 2 aromatic rings. The molecule has 0 aromatic heterocycles. The van der Waals surface area contributed by atoms with E-state index in [0.29, 0.717) is 19.8 Å². The van der Waals surface area contributed by atoms with Gasteiger partial charge in [-0.15, -0.1) is 0 Å². The molecule has 2 amide bonds. The zero-order chi connectivity index (χ0) is 16.3. The molecule has 122 valence electrons. The maximum atomic E-state index is 12.0. The molecule has 0 fully saturated rings. The van der Waals surface area contributed by atoms with E-state index >= 15 is 0 Å². The number of urea groups is 1. The quantitative estimate of drug-likeness (QED) is 0.728. The Labute approximate surface area is 137 Å². The summed E-state index contributed by atoms with van der Waals surface area (Å²) in [6.07, 6.45) is 1.61. The van der Waals surface area contributed by atoms with Crippen LogP contribution in [-0.2, 0) is 11.2 Å². The number of rotatable bonds is 8. The van der Waals surface area contributed by atoms with Gasteiger partial charge in [-0.3, -0.25) is 0 Å². The molecule has 0 atom stereocenters. The molecule has 0 unspecified atom stereocenters. The second kappa shape index (κ2) is 9.64. The molecule has 0 saturated carbocycles. The van der Waals surface area contributed by atoms with Crippen molar-refractivity contribution in [3.05, 3.63) is 65.7 Å². The zero-order valence-electron chi connectivity index (χ0n) is 13.5. The summed E-state index contributed by atoms with van der Waals surface area (Å²) in [5.41, 5.74) is 3.17. The Morgan fingerprint density at radius 2 is 1.78 bits per heavy atom. The van der Waals surface area contributed by atoms with E-state index in [0.717, 1.165) is 24.1 Å². The monoisotopic (exact) mass is 312 g/mol. The maximum Gasteiger partial charge on any atom is 0.319 e. The number of nitrogens with one attached hydrogen (secondary N) is 2.